The fourth-order valence-corrected chi connectivity index (χ4v) is 2.33. The Labute approximate surface area is 122 Å². The van der Waals surface area contributed by atoms with E-state index in [4.69, 9.17) is 22.1 Å². The standard InChI is InChI=1S/C16H13ClN2O/c1-10-4-2-6-13(18)16(10)20-14-8-7-12(17)11-5-3-9-19-15(11)14/h2-9H,18H2,1H3. The minimum atomic E-state index is 0.601. The molecule has 0 amide bonds. The van der Waals surface area contributed by atoms with Crippen molar-refractivity contribution >= 4 is 28.2 Å². The van der Waals surface area contributed by atoms with Crippen molar-refractivity contribution in [1.29, 1.82) is 0 Å². The SMILES string of the molecule is Cc1cccc(N)c1Oc1ccc(Cl)c2cccnc12. The van der Waals surface area contributed by atoms with Crippen LogP contribution in [0.25, 0.3) is 10.9 Å². The summed E-state index contributed by atoms with van der Waals surface area (Å²) in [5.74, 6) is 1.30. The zero-order valence-corrected chi connectivity index (χ0v) is 11.7. The lowest BCUT2D eigenvalue weighted by Gasteiger charge is -2.13. The lowest BCUT2D eigenvalue weighted by atomic mass is 10.2. The number of aromatic nitrogens is 1. The van der Waals surface area contributed by atoms with Gasteiger partial charge in [0.15, 0.2) is 11.5 Å². The summed E-state index contributed by atoms with van der Waals surface area (Å²) in [6, 6.07) is 13.0. The van der Waals surface area contributed by atoms with Gasteiger partial charge in [-0.25, -0.2) is 0 Å². The van der Waals surface area contributed by atoms with Crippen LogP contribution in [0.3, 0.4) is 0 Å². The molecule has 0 unspecified atom stereocenters. The number of hydrogen-bond acceptors (Lipinski definition) is 3. The second-order valence-corrected chi connectivity index (χ2v) is 4.95. The normalized spacial score (nSPS) is 10.7. The van der Waals surface area contributed by atoms with E-state index in [1.54, 1.807) is 12.3 Å². The van der Waals surface area contributed by atoms with E-state index in [0.717, 1.165) is 16.5 Å². The van der Waals surface area contributed by atoms with E-state index in [1.165, 1.54) is 0 Å². The molecule has 0 spiro atoms. The third kappa shape index (κ3) is 2.17. The second-order valence-electron chi connectivity index (χ2n) is 4.54. The lowest BCUT2D eigenvalue weighted by Crippen LogP contribution is -1.95. The minimum absolute atomic E-state index is 0.601. The van der Waals surface area contributed by atoms with Gasteiger partial charge in [0.05, 0.1) is 10.7 Å². The molecule has 0 bridgehead atoms. The highest BCUT2D eigenvalue weighted by Gasteiger charge is 2.10. The van der Waals surface area contributed by atoms with E-state index in [1.807, 2.05) is 43.3 Å². The molecule has 3 nitrogen and oxygen atoms in total. The zero-order valence-electron chi connectivity index (χ0n) is 10.9. The second kappa shape index (κ2) is 5.02. The summed E-state index contributed by atoms with van der Waals surface area (Å²) in [6.45, 7) is 1.96. The highest BCUT2D eigenvalue weighted by atomic mass is 35.5. The number of pyridine rings is 1. The Hall–Kier alpha value is -2.26. The minimum Gasteiger partial charge on any atom is -0.453 e. The Morgan fingerprint density at radius 1 is 1.10 bits per heavy atom. The number of para-hydroxylation sites is 1. The zero-order chi connectivity index (χ0) is 14.1. The number of nitrogen functional groups attached to an aromatic ring is 1. The van der Waals surface area contributed by atoms with Gasteiger partial charge in [-0.05, 0) is 42.8 Å². The van der Waals surface area contributed by atoms with Crippen molar-refractivity contribution in [3.05, 3.63) is 59.2 Å². The molecule has 0 saturated heterocycles. The highest BCUT2D eigenvalue weighted by Crippen LogP contribution is 2.36. The van der Waals surface area contributed by atoms with Gasteiger partial charge < -0.3 is 10.5 Å². The summed E-state index contributed by atoms with van der Waals surface area (Å²) >= 11 is 6.17. The Morgan fingerprint density at radius 3 is 2.75 bits per heavy atom. The van der Waals surface area contributed by atoms with Crippen LogP contribution in [0.15, 0.2) is 48.7 Å². The van der Waals surface area contributed by atoms with Crippen LogP contribution in [0, 0.1) is 6.92 Å². The summed E-state index contributed by atoms with van der Waals surface area (Å²) in [5.41, 5.74) is 8.27. The van der Waals surface area contributed by atoms with Crippen LogP contribution in [-0.2, 0) is 0 Å². The van der Waals surface area contributed by atoms with Gasteiger partial charge >= 0.3 is 0 Å². The van der Waals surface area contributed by atoms with Gasteiger partial charge in [-0.2, -0.15) is 0 Å². The molecular weight excluding hydrogens is 272 g/mol. The number of rotatable bonds is 2. The maximum Gasteiger partial charge on any atom is 0.153 e. The maximum absolute atomic E-state index is 6.17. The van der Waals surface area contributed by atoms with E-state index >= 15 is 0 Å². The molecular formula is C16H13ClN2O. The van der Waals surface area contributed by atoms with Crippen molar-refractivity contribution < 1.29 is 4.74 Å². The third-order valence-electron chi connectivity index (χ3n) is 3.13. The molecule has 0 aliphatic carbocycles. The average molecular weight is 285 g/mol. The molecule has 0 aliphatic rings. The van der Waals surface area contributed by atoms with Gasteiger partial charge in [-0.1, -0.05) is 23.7 Å². The molecule has 3 rings (SSSR count). The first-order chi connectivity index (χ1) is 9.66. The lowest BCUT2D eigenvalue weighted by molar-refractivity contribution is 0.486. The Balaban J connectivity index is 2.14. The van der Waals surface area contributed by atoms with Crippen LogP contribution in [-0.4, -0.2) is 4.98 Å². The molecule has 1 heterocycles. The van der Waals surface area contributed by atoms with E-state index in [0.29, 0.717) is 22.2 Å². The molecule has 0 aliphatic heterocycles. The Bertz CT molecular complexity index is 766. The maximum atomic E-state index is 6.17. The summed E-state index contributed by atoms with van der Waals surface area (Å²) in [7, 11) is 0. The number of ether oxygens (including phenoxy) is 1. The molecule has 100 valence electrons. The first-order valence-electron chi connectivity index (χ1n) is 6.23. The molecule has 0 atom stereocenters. The van der Waals surface area contributed by atoms with Crippen molar-refractivity contribution in [2.45, 2.75) is 6.92 Å². The summed E-state index contributed by atoms with van der Waals surface area (Å²) in [5, 5.41) is 1.51. The molecule has 0 radical (unpaired) electrons. The summed E-state index contributed by atoms with van der Waals surface area (Å²) < 4.78 is 5.96. The quantitative estimate of drug-likeness (QED) is 0.701. The van der Waals surface area contributed by atoms with Crippen LogP contribution in [0.2, 0.25) is 5.02 Å². The summed E-state index contributed by atoms with van der Waals surface area (Å²) in [6.07, 6.45) is 1.72. The summed E-state index contributed by atoms with van der Waals surface area (Å²) in [4.78, 5) is 4.35. The van der Waals surface area contributed by atoms with Crippen molar-refractivity contribution in [3.8, 4) is 11.5 Å². The van der Waals surface area contributed by atoms with Crippen molar-refractivity contribution in [2.24, 2.45) is 0 Å². The van der Waals surface area contributed by atoms with Crippen LogP contribution < -0.4 is 10.5 Å². The highest BCUT2D eigenvalue weighted by molar-refractivity contribution is 6.35. The number of benzene rings is 2. The fourth-order valence-electron chi connectivity index (χ4n) is 2.12. The van der Waals surface area contributed by atoms with E-state index in [2.05, 4.69) is 4.98 Å². The van der Waals surface area contributed by atoms with Gasteiger partial charge in [0.25, 0.3) is 0 Å². The van der Waals surface area contributed by atoms with Gasteiger partial charge in [0.1, 0.15) is 5.52 Å². The average Bonchev–Trinajstić information content (AvgIpc) is 2.46. The number of nitrogens with zero attached hydrogens (tertiary/aromatic N) is 1. The number of hydrogen-bond donors (Lipinski definition) is 1. The van der Waals surface area contributed by atoms with E-state index in [-0.39, 0.29) is 0 Å². The van der Waals surface area contributed by atoms with Crippen LogP contribution in [0.5, 0.6) is 11.5 Å². The molecule has 2 N–H and O–H groups in total. The largest absolute Gasteiger partial charge is 0.453 e. The van der Waals surface area contributed by atoms with Crippen LogP contribution >= 0.6 is 11.6 Å². The first kappa shape index (κ1) is 12.8. The van der Waals surface area contributed by atoms with Crippen molar-refractivity contribution in [1.82, 2.24) is 4.98 Å². The molecule has 0 fully saturated rings. The smallest absolute Gasteiger partial charge is 0.153 e. The van der Waals surface area contributed by atoms with Gasteiger partial charge in [0, 0.05) is 11.6 Å². The van der Waals surface area contributed by atoms with Gasteiger partial charge in [-0.15, -0.1) is 0 Å². The number of nitrogens with two attached hydrogens (primary N) is 1. The topological polar surface area (TPSA) is 48.1 Å². The Kier molecular flexibility index (Phi) is 3.20. The molecule has 1 aromatic heterocycles. The van der Waals surface area contributed by atoms with Crippen LogP contribution in [0.1, 0.15) is 5.56 Å². The molecule has 20 heavy (non-hydrogen) atoms. The van der Waals surface area contributed by atoms with Gasteiger partial charge in [-0.3, -0.25) is 4.98 Å². The van der Waals surface area contributed by atoms with Crippen molar-refractivity contribution in [2.75, 3.05) is 5.73 Å². The van der Waals surface area contributed by atoms with Crippen LogP contribution in [0.4, 0.5) is 5.69 Å². The number of halogens is 1. The van der Waals surface area contributed by atoms with Gasteiger partial charge in [0.2, 0.25) is 0 Å². The number of aryl methyl sites for hydroxylation is 1. The van der Waals surface area contributed by atoms with Crippen molar-refractivity contribution in [3.63, 3.8) is 0 Å². The molecule has 0 saturated carbocycles. The predicted octanol–water partition coefficient (Wildman–Crippen LogP) is 4.57. The van der Waals surface area contributed by atoms with E-state index < -0.39 is 0 Å². The third-order valence-corrected chi connectivity index (χ3v) is 3.46. The number of anilines is 1. The molecule has 3 aromatic rings. The van der Waals surface area contributed by atoms with E-state index in [9.17, 15) is 0 Å². The Morgan fingerprint density at radius 2 is 1.95 bits per heavy atom. The predicted molar refractivity (Wildman–Crippen MR) is 82.4 cm³/mol. The molecule has 2 aromatic carbocycles. The fraction of sp³-hybridized carbons (Fsp3) is 0.0625. The number of fused-ring (bicyclic) bond motifs is 1. The monoisotopic (exact) mass is 284 g/mol. The first-order valence-corrected chi connectivity index (χ1v) is 6.61. The molecule has 4 heteroatoms.